The molecule has 0 fully saturated rings. The highest BCUT2D eigenvalue weighted by Gasteiger charge is 2.16. The quantitative estimate of drug-likeness (QED) is 0.236. The molecule has 0 saturated carbocycles. The monoisotopic (exact) mass is 403 g/mol. The van der Waals surface area contributed by atoms with Crippen molar-refractivity contribution < 1.29 is 9.59 Å². The van der Waals surface area contributed by atoms with E-state index in [0.29, 0.717) is 12.1 Å². The number of aromatic nitrogens is 2. The number of carbonyl (C=O) groups excluding carboxylic acids is 2. The highest BCUT2D eigenvalue weighted by Crippen LogP contribution is 2.17. The van der Waals surface area contributed by atoms with E-state index < -0.39 is 5.91 Å². The lowest BCUT2D eigenvalue weighted by atomic mass is 10.0. The second-order valence-corrected chi connectivity index (χ2v) is 6.42. The van der Waals surface area contributed by atoms with Gasteiger partial charge >= 0.3 is 0 Å². The van der Waals surface area contributed by atoms with Gasteiger partial charge in [-0.25, -0.2) is 9.97 Å². The fourth-order valence-electron chi connectivity index (χ4n) is 2.37. The third-order valence-corrected chi connectivity index (χ3v) is 4.16. The molecular weight excluding hydrogens is 382 g/mol. The molecule has 0 bridgehead atoms. The summed E-state index contributed by atoms with van der Waals surface area (Å²) < 4.78 is 0. The normalized spacial score (nSPS) is 11.3. The highest BCUT2D eigenvalue weighted by molar-refractivity contribution is 6.31. The number of guanidine groups is 1. The van der Waals surface area contributed by atoms with Crippen molar-refractivity contribution in [2.45, 2.75) is 26.2 Å². The fraction of sp³-hybridized carbons (Fsp3) is 0.278. The lowest BCUT2D eigenvalue weighted by Gasteiger charge is -2.07. The summed E-state index contributed by atoms with van der Waals surface area (Å²) in [5.41, 5.74) is 18.5. The molecule has 0 unspecified atom stereocenters. The van der Waals surface area contributed by atoms with Gasteiger partial charge in [0.25, 0.3) is 5.91 Å². The molecule has 0 aliphatic heterocycles. The lowest BCUT2D eigenvalue weighted by molar-refractivity contribution is 0.0970. The fourth-order valence-corrected chi connectivity index (χ4v) is 2.50. The zero-order valence-corrected chi connectivity index (χ0v) is 16.2. The van der Waals surface area contributed by atoms with Crippen LogP contribution in [0.2, 0.25) is 5.15 Å². The Bertz CT molecular complexity index is 898. The van der Waals surface area contributed by atoms with E-state index in [4.69, 9.17) is 28.8 Å². The van der Waals surface area contributed by atoms with Crippen molar-refractivity contribution in [1.29, 1.82) is 0 Å². The molecule has 1 amide bonds. The topological polar surface area (TPSA) is 162 Å². The Labute approximate surface area is 167 Å². The number of nitrogens with zero attached hydrogens (tertiary/aromatic N) is 3. The van der Waals surface area contributed by atoms with Gasteiger partial charge in [-0.3, -0.25) is 19.9 Å². The minimum absolute atomic E-state index is 0.0485. The number of aliphatic imine (C=N–C) groups is 1. The molecule has 9 nitrogen and oxygen atoms in total. The summed E-state index contributed by atoms with van der Waals surface area (Å²) in [6, 6.07) is 7.53. The van der Waals surface area contributed by atoms with E-state index in [1.807, 2.05) is 24.3 Å². The number of aryl methyl sites for hydroxylation is 1. The first-order chi connectivity index (χ1) is 13.3. The van der Waals surface area contributed by atoms with Crippen molar-refractivity contribution >= 4 is 40.9 Å². The smallest absolute Gasteiger partial charge is 0.280 e. The van der Waals surface area contributed by atoms with E-state index in [1.165, 1.54) is 0 Å². The number of anilines is 2. The number of nitrogen functional groups attached to an aromatic ring is 2. The molecule has 1 heterocycles. The van der Waals surface area contributed by atoms with Crippen molar-refractivity contribution in [3.05, 3.63) is 46.2 Å². The second kappa shape index (κ2) is 9.65. The predicted molar refractivity (Wildman–Crippen MR) is 109 cm³/mol. The first kappa shape index (κ1) is 21.1. The van der Waals surface area contributed by atoms with Crippen LogP contribution in [-0.4, -0.2) is 34.2 Å². The van der Waals surface area contributed by atoms with E-state index in [2.05, 4.69) is 20.3 Å². The van der Waals surface area contributed by atoms with Gasteiger partial charge in [-0.2, -0.15) is 0 Å². The maximum atomic E-state index is 12.1. The van der Waals surface area contributed by atoms with Gasteiger partial charge in [0.1, 0.15) is 0 Å². The number of halogens is 1. The van der Waals surface area contributed by atoms with E-state index in [9.17, 15) is 9.59 Å². The number of ketones is 1. The van der Waals surface area contributed by atoms with Gasteiger partial charge in [-0.1, -0.05) is 35.9 Å². The summed E-state index contributed by atoms with van der Waals surface area (Å²) in [5.74, 6) is -0.882. The van der Waals surface area contributed by atoms with Crippen molar-refractivity contribution in [2.24, 2.45) is 10.7 Å². The number of nitrogens with one attached hydrogen (secondary N) is 1. The van der Waals surface area contributed by atoms with Crippen LogP contribution in [0.4, 0.5) is 11.6 Å². The largest absolute Gasteiger partial charge is 0.382 e. The van der Waals surface area contributed by atoms with Crippen molar-refractivity contribution in [3.63, 3.8) is 0 Å². The summed E-state index contributed by atoms with van der Waals surface area (Å²) >= 11 is 5.75. The van der Waals surface area contributed by atoms with E-state index >= 15 is 0 Å². The summed E-state index contributed by atoms with van der Waals surface area (Å²) in [7, 11) is 0. The Morgan fingerprint density at radius 2 is 1.79 bits per heavy atom. The van der Waals surface area contributed by atoms with Gasteiger partial charge in [0.2, 0.25) is 0 Å². The van der Waals surface area contributed by atoms with E-state index in [1.54, 1.807) is 6.92 Å². The van der Waals surface area contributed by atoms with Crippen LogP contribution in [0.25, 0.3) is 0 Å². The Morgan fingerprint density at radius 3 is 2.43 bits per heavy atom. The number of rotatable bonds is 7. The number of benzene rings is 1. The van der Waals surface area contributed by atoms with Crippen molar-refractivity contribution in [3.8, 4) is 0 Å². The third-order valence-electron chi connectivity index (χ3n) is 3.88. The number of amides is 1. The number of Topliss-reactive ketones (excluding diaryl/α,β-unsaturated/α-hetero) is 1. The molecule has 0 spiro atoms. The molecule has 28 heavy (non-hydrogen) atoms. The number of carbonyl (C=O) groups is 2. The first-order valence-corrected chi connectivity index (χ1v) is 8.95. The summed E-state index contributed by atoms with van der Waals surface area (Å²) in [6.45, 7) is 1.99. The number of nitrogens with two attached hydrogens (primary N) is 3. The molecule has 2 aromatic rings. The average molecular weight is 404 g/mol. The van der Waals surface area contributed by atoms with Crippen LogP contribution in [0.1, 0.15) is 46.2 Å². The molecule has 10 heteroatoms. The number of hydrogen-bond donors (Lipinski definition) is 4. The molecule has 1 aromatic heterocycles. The van der Waals surface area contributed by atoms with Gasteiger partial charge in [-0.15, -0.1) is 0 Å². The van der Waals surface area contributed by atoms with Gasteiger partial charge in [-0.05, 0) is 31.7 Å². The maximum absolute atomic E-state index is 12.1. The highest BCUT2D eigenvalue weighted by atomic mass is 35.5. The predicted octanol–water partition coefficient (Wildman–Crippen LogP) is 1.56. The van der Waals surface area contributed by atoms with Crippen LogP contribution in [0.3, 0.4) is 0 Å². The van der Waals surface area contributed by atoms with Gasteiger partial charge < -0.3 is 17.2 Å². The summed E-state index contributed by atoms with van der Waals surface area (Å²) in [4.78, 5) is 35.0. The van der Waals surface area contributed by atoms with Crippen molar-refractivity contribution in [1.82, 2.24) is 15.3 Å². The minimum atomic E-state index is -0.668. The molecule has 0 radical (unpaired) electrons. The molecule has 2 rings (SSSR count). The molecule has 7 N–H and O–H groups in total. The Hall–Kier alpha value is -3.20. The standard InChI is InChI=1S/C18H22ClN7O2/c1-10(27)12-7-5-11(6-8-12)4-2-3-9-23-18(22)26-17(28)13-15(20)25-16(21)14(19)24-13/h5-8H,2-4,9H2,1H3,(H4,20,21,25)(H3,22,23,26,28). The third kappa shape index (κ3) is 5.92. The Morgan fingerprint density at radius 1 is 1.11 bits per heavy atom. The van der Waals surface area contributed by atoms with Gasteiger partial charge in [0, 0.05) is 12.1 Å². The first-order valence-electron chi connectivity index (χ1n) is 8.57. The SMILES string of the molecule is CC(=O)c1ccc(CCCCN=C(N)NC(=O)c2nc(Cl)c(N)nc2N)cc1. The summed E-state index contributed by atoms with van der Waals surface area (Å²) in [5, 5.41) is 2.26. The molecule has 0 aliphatic carbocycles. The van der Waals surface area contributed by atoms with Crippen LogP contribution in [0, 0.1) is 0 Å². The lowest BCUT2D eigenvalue weighted by Crippen LogP contribution is -2.38. The summed E-state index contributed by atoms with van der Waals surface area (Å²) in [6.07, 6.45) is 2.52. The Kier molecular flexibility index (Phi) is 7.28. The average Bonchev–Trinajstić information content (AvgIpc) is 2.64. The van der Waals surface area contributed by atoms with Crippen LogP contribution in [-0.2, 0) is 6.42 Å². The van der Waals surface area contributed by atoms with Crippen molar-refractivity contribution in [2.75, 3.05) is 18.0 Å². The molecule has 0 aliphatic rings. The maximum Gasteiger partial charge on any atom is 0.280 e. The second-order valence-electron chi connectivity index (χ2n) is 6.06. The zero-order chi connectivity index (χ0) is 20.7. The van der Waals surface area contributed by atoms with Crippen LogP contribution >= 0.6 is 11.6 Å². The number of unbranched alkanes of at least 4 members (excludes halogenated alkanes) is 1. The molecule has 0 saturated heterocycles. The number of hydrogen-bond acceptors (Lipinski definition) is 7. The van der Waals surface area contributed by atoms with Crippen LogP contribution < -0.4 is 22.5 Å². The molecule has 1 aromatic carbocycles. The van der Waals surface area contributed by atoms with Gasteiger partial charge in [0.15, 0.2) is 34.2 Å². The Balaban J connectivity index is 1.79. The van der Waals surface area contributed by atoms with Crippen LogP contribution in [0.5, 0.6) is 0 Å². The molecule has 148 valence electrons. The van der Waals surface area contributed by atoms with E-state index in [-0.39, 0.29) is 34.2 Å². The van der Waals surface area contributed by atoms with E-state index in [0.717, 1.165) is 24.8 Å². The van der Waals surface area contributed by atoms with Gasteiger partial charge in [0.05, 0.1) is 0 Å². The molecule has 0 atom stereocenters. The zero-order valence-electron chi connectivity index (χ0n) is 15.4. The molecular formula is C18H22ClN7O2. The van der Waals surface area contributed by atoms with Crippen LogP contribution in [0.15, 0.2) is 29.3 Å². The minimum Gasteiger partial charge on any atom is -0.382 e.